The van der Waals surface area contributed by atoms with E-state index in [0.717, 1.165) is 37.1 Å². The zero-order valence-electron chi connectivity index (χ0n) is 26.7. The van der Waals surface area contributed by atoms with Crippen molar-refractivity contribution in [3.8, 4) is 0 Å². The van der Waals surface area contributed by atoms with Crippen LogP contribution < -0.4 is 15.9 Å². The molecule has 0 fully saturated rings. The van der Waals surface area contributed by atoms with Gasteiger partial charge in [-0.3, -0.25) is 4.99 Å². The maximum atomic E-state index is 6.02. The van der Waals surface area contributed by atoms with Crippen molar-refractivity contribution < 1.29 is 22.9 Å². The van der Waals surface area contributed by atoms with Gasteiger partial charge in [-0.05, 0) is 59.6 Å². The largest absolute Gasteiger partial charge is 0.0622 e. The van der Waals surface area contributed by atoms with Crippen molar-refractivity contribution in [2.24, 2.45) is 10.4 Å². The van der Waals surface area contributed by atoms with Gasteiger partial charge < -0.3 is 4.74 Å². The van der Waals surface area contributed by atoms with Crippen LogP contribution in [0.5, 0.6) is 0 Å². The van der Waals surface area contributed by atoms with E-state index >= 15 is 0 Å². The number of hydrogen-bond acceptors (Lipinski definition) is 2. The fraction of sp³-hybridized carbons (Fsp3) is 0.244. The van der Waals surface area contributed by atoms with Gasteiger partial charge in [0.25, 0.3) is 0 Å². The van der Waals surface area contributed by atoms with Gasteiger partial charge in [0.2, 0.25) is 0 Å². The molecule has 5 aromatic carbocycles. The predicted octanol–water partition coefficient (Wildman–Crippen LogP) is 8.69. The van der Waals surface area contributed by atoms with Crippen LogP contribution in [0.4, 0.5) is 0 Å². The standard InChI is InChI=1S/C23H26NO.C18H15P.ClH.Pd/c1-23(2,3)21-15-25-22(24-21)20-14-18-9-8-16-4-6-17(7-5-16)10-12-19(20)13-11-18;1-4-10-16(11-5-1)19(17-12-6-2-7-13-17)18-14-8-3-9-15-18;;/h4-7,11,14,21H,8-10,12,15H2,1-3H3;1-15H;1H;/q-1;;;+2/p-1/t21-;;;/m1.../s1. The molecular weight excluding hydrogens is 695 g/mol. The summed E-state index contributed by atoms with van der Waals surface area (Å²) in [6, 6.07) is 49.6. The molecular formula is C41H41ClNOPPd. The monoisotopic (exact) mass is 735 g/mol. The zero-order chi connectivity index (χ0) is 32.4. The van der Waals surface area contributed by atoms with E-state index in [-0.39, 0.29) is 11.5 Å². The molecule has 0 saturated carbocycles. The van der Waals surface area contributed by atoms with Crippen LogP contribution >= 0.6 is 17.5 Å². The minimum absolute atomic E-state index is 0.130. The molecule has 5 aliphatic rings. The first kappa shape index (κ1) is 34.3. The summed E-state index contributed by atoms with van der Waals surface area (Å²) in [6.07, 6.45) is 4.08. The SMILES string of the molecule is CC(C)(C)[C@H]1COC(c2cc3c[c-]c2CCc2ccc(cc2)CC3)=N1.[Cl][Pd+].c1ccc(P(c2ccccc2)c2ccccc2)cc1. The third-order valence-electron chi connectivity index (χ3n) is 8.40. The second kappa shape index (κ2) is 16.7. The molecule has 4 aliphatic carbocycles. The van der Waals surface area contributed by atoms with E-state index in [1.165, 1.54) is 38.2 Å². The van der Waals surface area contributed by atoms with Crippen LogP contribution in [0.2, 0.25) is 0 Å². The van der Waals surface area contributed by atoms with Crippen LogP contribution in [0.15, 0.2) is 132 Å². The molecule has 0 radical (unpaired) electrons. The number of benzene rings is 5. The van der Waals surface area contributed by atoms with Crippen LogP contribution in [0.25, 0.3) is 0 Å². The third kappa shape index (κ3) is 9.06. The predicted molar refractivity (Wildman–Crippen MR) is 193 cm³/mol. The second-order valence-electron chi connectivity index (χ2n) is 12.7. The number of aliphatic imine (C=N–C) groups is 1. The third-order valence-corrected chi connectivity index (χ3v) is 10.8. The van der Waals surface area contributed by atoms with E-state index in [1.54, 1.807) is 0 Å². The molecule has 1 atom stereocenters. The van der Waals surface area contributed by atoms with Gasteiger partial charge in [0.15, 0.2) is 5.90 Å². The van der Waals surface area contributed by atoms with Crippen LogP contribution in [-0.4, -0.2) is 18.5 Å². The second-order valence-corrected chi connectivity index (χ2v) is 14.9. The average molecular weight is 737 g/mol. The Kier molecular flexibility index (Phi) is 12.4. The number of rotatable bonds is 4. The minimum Gasteiger partial charge on any atom is -0.0622 e. The molecule has 5 aromatic rings. The maximum absolute atomic E-state index is 6.02. The molecule has 0 N–H and O–H groups in total. The molecule has 0 aromatic heterocycles. The Balaban J connectivity index is 0.000000178. The normalized spacial score (nSPS) is 15.4. The summed E-state index contributed by atoms with van der Waals surface area (Å²) in [5.74, 6) is 0.819. The Morgan fingerprint density at radius 3 is 1.59 bits per heavy atom. The van der Waals surface area contributed by atoms with Crippen LogP contribution in [-0.2, 0) is 48.6 Å². The number of ether oxygens (including phenoxy) is 1. The first-order chi connectivity index (χ1) is 22.4. The van der Waals surface area contributed by atoms with Gasteiger partial charge in [0.05, 0.1) is 6.04 Å². The summed E-state index contributed by atoms with van der Waals surface area (Å²) in [7, 11) is 4.04. The van der Waals surface area contributed by atoms with Gasteiger partial charge in [0, 0.05) is 0 Å². The van der Waals surface area contributed by atoms with Crippen molar-refractivity contribution in [2.75, 3.05) is 6.61 Å². The van der Waals surface area contributed by atoms with E-state index in [9.17, 15) is 0 Å². The first-order valence-electron chi connectivity index (χ1n) is 15.8. The van der Waals surface area contributed by atoms with Crippen LogP contribution in [0, 0.1) is 11.5 Å². The molecule has 0 unspecified atom stereocenters. The summed E-state index contributed by atoms with van der Waals surface area (Å²) in [5, 5.41) is 4.19. The molecule has 46 heavy (non-hydrogen) atoms. The molecule has 2 nitrogen and oxygen atoms in total. The van der Waals surface area contributed by atoms with E-state index in [0.29, 0.717) is 6.61 Å². The molecule has 4 bridgehead atoms. The van der Waals surface area contributed by atoms with Gasteiger partial charge >= 0.3 is 27.7 Å². The minimum atomic E-state index is -0.446. The summed E-state index contributed by atoms with van der Waals surface area (Å²) in [6.45, 7) is 7.37. The van der Waals surface area contributed by atoms with Crippen LogP contribution in [0.1, 0.15) is 48.6 Å². The topological polar surface area (TPSA) is 21.6 Å². The van der Waals surface area contributed by atoms with Gasteiger partial charge in [-0.2, -0.15) is 23.8 Å². The van der Waals surface area contributed by atoms with Gasteiger partial charge in [-0.1, -0.05) is 148 Å². The van der Waals surface area contributed by atoms with E-state index in [1.807, 2.05) is 0 Å². The molecule has 5 heteroatoms. The average Bonchev–Trinajstić information content (AvgIpc) is 3.60. The molecule has 0 saturated heterocycles. The Morgan fingerprint density at radius 1 is 0.674 bits per heavy atom. The van der Waals surface area contributed by atoms with Crippen molar-refractivity contribution in [3.05, 3.63) is 161 Å². The van der Waals surface area contributed by atoms with Crippen molar-refractivity contribution in [1.29, 1.82) is 0 Å². The Bertz CT molecular complexity index is 1590. The van der Waals surface area contributed by atoms with E-state index < -0.39 is 7.92 Å². The fourth-order valence-electron chi connectivity index (χ4n) is 5.69. The van der Waals surface area contributed by atoms with Crippen LogP contribution in [0.3, 0.4) is 0 Å². The Hall–Kier alpha value is -3.05. The van der Waals surface area contributed by atoms with Crippen molar-refractivity contribution >= 4 is 39.3 Å². The van der Waals surface area contributed by atoms with E-state index in [4.69, 9.17) is 9.73 Å². The first-order valence-corrected chi connectivity index (χ1v) is 19.2. The smallest absolute Gasteiger partial charge is 0.0134 e. The van der Waals surface area contributed by atoms with Crippen molar-refractivity contribution in [1.82, 2.24) is 0 Å². The fourth-order valence-corrected chi connectivity index (χ4v) is 7.99. The molecule has 238 valence electrons. The number of halogens is 1. The quantitative estimate of drug-likeness (QED) is 0.103. The van der Waals surface area contributed by atoms with Gasteiger partial charge in [-0.25, -0.2) is 0 Å². The number of hydrogen-bond donors (Lipinski definition) is 0. The van der Waals surface area contributed by atoms with E-state index in [2.05, 4.69) is 182 Å². The summed E-state index contributed by atoms with van der Waals surface area (Å²) in [5.41, 5.74) is 6.60. The van der Waals surface area contributed by atoms with Gasteiger partial charge in [0.1, 0.15) is 6.61 Å². The van der Waals surface area contributed by atoms with Crippen molar-refractivity contribution in [3.63, 3.8) is 0 Å². The van der Waals surface area contributed by atoms with Gasteiger partial charge in [-0.15, -0.1) is 5.56 Å². The molecule has 0 amide bonds. The molecule has 0 spiro atoms. The molecule has 10 rings (SSSR count). The summed E-state index contributed by atoms with van der Waals surface area (Å²) >= 11 is 2.22. The Morgan fingerprint density at radius 2 is 1.13 bits per heavy atom. The Labute approximate surface area is 291 Å². The molecule has 1 aliphatic heterocycles. The number of aryl methyl sites for hydroxylation is 4. The number of nitrogens with zero attached hydrogens (tertiary/aromatic N) is 1. The van der Waals surface area contributed by atoms with Crippen molar-refractivity contribution in [2.45, 2.75) is 52.5 Å². The molecule has 1 heterocycles. The summed E-state index contributed by atoms with van der Waals surface area (Å²) < 4.78 is 6.02. The maximum Gasteiger partial charge on any atom is -0.0134 e. The zero-order valence-corrected chi connectivity index (χ0v) is 29.9. The summed E-state index contributed by atoms with van der Waals surface area (Å²) in [4.78, 5) is 4.92.